The Morgan fingerprint density at radius 1 is 0.923 bits per heavy atom. The maximum atomic E-state index is 12.4. The van der Waals surface area contributed by atoms with Crippen LogP contribution in [0.15, 0.2) is 76.2 Å². The zero-order valence-corrected chi connectivity index (χ0v) is 15.2. The van der Waals surface area contributed by atoms with Crippen molar-refractivity contribution in [1.29, 1.82) is 0 Å². The Hall–Kier alpha value is -2.92. The summed E-state index contributed by atoms with van der Waals surface area (Å²) in [5.41, 5.74) is 2.27. The molecule has 0 radical (unpaired) electrons. The van der Waals surface area contributed by atoms with Crippen LogP contribution >= 0.6 is 11.8 Å². The minimum Gasteiger partial charge on any atom is -0.352 e. The second kappa shape index (κ2) is 7.54. The third-order valence-corrected chi connectivity index (χ3v) is 4.92. The number of hydrogen-bond donors (Lipinski definition) is 1. The Bertz CT molecular complexity index is 955. The van der Waals surface area contributed by atoms with Crippen LogP contribution in [0, 0.1) is 6.92 Å². The molecule has 26 heavy (non-hydrogen) atoms. The molecule has 0 aliphatic heterocycles. The number of Topliss-reactive ketones (excluding diaryl/α,β-unsaturated/α-hetero) is 1. The molecule has 0 aromatic heterocycles. The summed E-state index contributed by atoms with van der Waals surface area (Å²) in [5, 5.41) is 2.92. The van der Waals surface area contributed by atoms with Gasteiger partial charge in [0.25, 0.3) is 0 Å². The molecule has 130 valence electrons. The number of anilines is 1. The molecule has 5 heteroatoms. The summed E-state index contributed by atoms with van der Waals surface area (Å²) < 4.78 is 0. The van der Waals surface area contributed by atoms with Crippen molar-refractivity contribution < 1.29 is 14.4 Å². The van der Waals surface area contributed by atoms with E-state index < -0.39 is 0 Å². The molecule has 1 N–H and O–H groups in total. The number of ketones is 3. The lowest BCUT2D eigenvalue weighted by molar-refractivity contribution is -0.114. The molecular formula is C21H17NO3S. The molecule has 2 aromatic carbocycles. The smallest absolute Gasteiger partial charge is 0.203 e. The Kier molecular flexibility index (Phi) is 5.19. The standard InChI is InChI=1S/C21H17NO3S/c1-13-7-9-15(10-8-13)26-21-12-19(24)18(11-20(21)25)22-17-6-4-3-5-16(17)14(2)23/h3-12,22H,1-2H3. The van der Waals surface area contributed by atoms with E-state index in [-0.39, 0.29) is 23.0 Å². The Morgan fingerprint density at radius 3 is 2.31 bits per heavy atom. The normalized spacial score (nSPS) is 13.9. The first kappa shape index (κ1) is 17.9. The number of para-hydroxylation sites is 1. The van der Waals surface area contributed by atoms with Gasteiger partial charge in [0.1, 0.15) is 0 Å². The summed E-state index contributed by atoms with van der Waals surface area (Å²) in [6, 6.07) is 14.6. The van der Waals surface area contributed by atoms with Crippen molar-refractivity contribution >= 4 is 34.8 Å². The van der Waals surface area contributed by atoms with Gasteiger partial charge >= 0.3 is 0 Å². The molecule has 0 spiro atoms. The van der Waals surface area contributed by atoms with Crippen LogP contribution in [-0.4, -0.2) is 17.3 Å². The zero-order chi connectivity index (χ0) is 18.7. The van der Waals surface area contributed by atoms with Crippen LogP contribution in [0.3, 0.4) is 0 Å². The highest BCUT2D eigenvalue weighted by molar-refractivity contribution is 8.04. The van der Waals surface area contributed by atoms with Crippen molar-refractivity contribution in [2.75, 3.05) is 5.32 Å². The molecule has 0 saturated carbocycles. The van der Waals surface area contributed by atoms with Gasteiger partial charge in [0.05, 0.1) is 10.6 Å². The number of nitrogens with one attached hydrogen (secondary N) is 1. The number of carbonyl (C=O) groups is 3. The SMILES string of the molecule is CC(=O)c1ccccc1NC1=CC(=O)C(Sc2ccc(C)cc2)=CC1=O. The molecule has 0 bridgehead atoms. The number of aryl methyl sites for hydroxylation is 1. The number of carbonyl (C=O) groups excluding carboxylic acids is 3. The fraction of sp³-hybridized carbons (Fsp3) is 0.0952. The van der Waals surface area contributed by atoms with Crippen molar-refractivity contribution in [3.63, 3.8) is 0 Å². The van der Waals surface area contributed by atoms with Gasteiger partial charge in [-0.25, -0.2) is 0 Å². The van der Waals surface area contributed by atoms with Crippen molar-refractivity contribution in [1.82, 2.24) is 0 Å². The minimum atomic E-state index is -0.294. The van der Waals surface area contributed by atoms with Gasteiger partial charge in [-0.15, -0.1) is 0 Å². The van der Waals surface area contributed by atoms with Gasteiger partial charge in [0.15, 0.2) is 11.6 Å². The molecule has 0 saturated heterocycles. The number of allylic oxidation sites excluding steroid dienone is 3. The van der Waals surface area contributed by atoms with Crippen molar-refractivity contribution in [3.05, 3.63) is 82.4 Å². The number of hydrogen-bond acceptors (Lipinski definition) is 5. The van der Waals surface area contributed by atoms with Crippen LogP contribution in [0.2, 0.25) is 0 Å². The van der Waals surface area contributed by atoms with Crippen molar-refractivity contribution in [2.24, 2.45) is 0 Å². The lowest BCUT2D eigenvalue weighted by atomic mass is 10.1. The van der Waals surface area contributed by atoms with Crippen LogP contribution < -0.4 is 5.32 Å². The number of rotatable bonds is 5. The molecule has 0 atom stereocenters. The zero-order valence-electron chi connectivity index (χ0n) is 14.4. The van der Waals surface area contributed by atoms with Gasteiger partial charge in [-0.2, -0.15) is 0 Å². The Morgan fingerprint density at radius 2 is 1.62 bits per heavy atom. The van der Waals surface area contributed by atoms with E-state index in [2.05, 4.69) is 5.32 Å². The maximum Gasteiger partial charge on any atom is 0.203 e. The second-order valence-electron chi connectivity index (χ2n) is 5.94. The second-order valence-corrected chi connectivity index (χ2v) is 7.05. The summed E-state index contributed by atoms with van der Waals surface area (Å²) in [6.07, 6.45) is 2.63. The molecule has 3 rings (SSSR count). The summed E-state index contributed by atoms with van der Waals surface area (Å²) in [7, 11) is 0. The predicted octanol–water partition coefficient (Wildman–Crippen LogP) is 4.32. The van der Waals surface area contributed by atoms with E-state index >= 15 is 0 Å². The average molecular weight is 363 g/mol. The number of benzene rings is 2. The molecule has 0 fully saturated rings. The van der Waals surface area contributed by atoms with E-state index in [1.54, 1.807) is 24.3 Å². The highest BCUT2D eigenvalue weighted by Crippen LogP contribution is 2.31. The van der Waals surface area contributed by atoms with Crippen LogP contribution in [0.1, 0.15) is 22.8 Å². The monoisotopic (exact) mass is 363 g/mol. The summed E-state index contributed by atoms with van der Waals surface area (Å²) in [4.78, 5) is 37.8. The van der Waals surface area contributed by atoms with E-state index in [9.17, 15) is 14.4 Å². The summed E-state index contributed by atoms with van der Waals surface area (Å²) in [6.45, 7) is 3.45. The molecule has 4 nitrogen and oxygen atoms in total. The largest absolute Gasteiger partial charge is 0.352 e. The fourth-order valence-corrected chi connectivity index (χ4v) is 3.35. The van der Waals surface area contributed by atoms with Crippen molar-refractivity contribution in [2.45, 2.75) is 18.7 Å². The molecule has 2 aromatic rings. The van der Waals surface area contributed by atoms with Crippen LogP contribution in [-0.2, 0) is 9.59 Å². The third kappa shape index (κ3) is 4.00. The molecular weight excluding hydrogens is 346 g/mol. The molecule has 0 heterocycles. The van der Waals surface area contributed by atoms with Crippen LogP contribution in [0.5, 0.6) is 0 Å². The van der Waals surface area contributed by atoms with Crippen LogP contribution in [0.4, 0.5) is 5.69 Å². The first-order chi connectivity index (χ1) is 12.4. The quantitative estimate of drug-likeness (QED) is 0.633. The van der Waals surface area contributed by atoms with E-state index in [1.165, 1.54) is 30.8 Å². The molecule has 0 unspecified atom stereocenters. The van der Waals surface area contributed by atoms with Gasteiger partial charge in [-0.05, 0) is 38.1 Å². The van der Waals surface area contributed by atoms with E-state index in [0.29, 0.717) is 16.2 Å². The first-order valence-electron chi connectivity index (χ1n) is 8.07. The lowest BCUT2D eigenvalue weighted by Gasteiger charge is -2.15. The maximum absolute atomic E-state index is 12.4. The highest BCUT2D eigenvalue weighted by Gasteiger charge is 2.22. The summed E-state index contributed by atoms with van der Waals surface area (Å²) >= 11 is 1.27. The van der Waals surface area contributed by atoms with Crippen molar-refractivity contribution in [3.8, 4) is 0 Å². The first-order valence-corrected chi connectivity index (χ1v) is 8.89. The molecule has 0 amide bonds. The average Bonchev–Trinajstić information content (AvgIpc) is 2.61. The molecule has 1 aliphatic rings. The fourth-order valence-electron chi connectivity index (χ4n) is 2.50. The predicted molar refractivity (Wildman–Crippen MR) is 103 cm³/mol. The molecule has 1 aliphatic carbocycles. The highest BCUT2D eigenvalue weighted by atomic mass is 32.2. The Balaban J connectivity index is 1.79. The lowest BCUT2D eigenvalue weighted by Crippen LogP contribution is -2.18. The van der Waals surface area contributed by atoms with Gasteiger partial charge in [0.2, 0.25) is 5.78 Å². The van der Waals surface area contributed by atoms with Gasteiger partial charge in [-0.1, -0.05) is 41.6 Å². The summed E-state index contributed by atoms with van der Waals surface area (Å²) in [5.74, 6) is -0.648. The number of thioether (sulfide) groups is 1. The van der Waals surface area contributed by atoms with Gasteiger partial charge in [-0.3, -0.25) is 14.4 Å². The van der Waals surface area contributed by atoms with E-state index in [4.69, 9.17) is 0 Å². The topological polar surface area (TPSA) is 63.2 Å². The Labute approximate surface area is 156 Å². The van der Waals surface area contributed by atoms with Gasteiger partial charge < -0.3 is 5.32 Å². The minimum absolute atomic E-state index is 0.116. The third-order valence-electron chi connectivity index (χ3n) is 3.87. The van der Waals surface area contributed by atoms with E-state index in [0.717, 1.165) is 10.5 Å². The van der Waals surface area contributed by atoms with E-state index in [1.807, 2.05) is 31.2 Å². The van der Waals surface area contributed by atoms with Gasteiger partial charge in [0, 0.05) is 28.3 Å². The van der Waals surface area contributed by atoms with Crippen LogP contribution in [0.25, 0.3) is 0 Å².